The molecular weight excluding hydrogens is 304 g/mol. The Kier molecular flexibility index (Phi) is 3.07. The van der Waals surface area contributed by atoms with Crippen LogP contribution in [0, 0.1) is 5.92 Å². The molecule has 4 heterocycles. The van der Waals surface area contributed by atoms with Crippen LogP contribution in [-0.2, 0) is 0 Å². The average molecular weight is 322 g/mol. The van der Waals surface area contributed by atoms with Crippen LogP contribution < -0.4 is 10.2 Å². The Morgan fingerprint density at radius 2 is 2.00 bits per heavy atom. The predicted octanol–water partition coefficient (Wildman–Crippen LogP) is 1.34. The minimum absolute atomic E-state index is 0.595. The number of rotatable bonds is 5. The van der Waals surface area contributed by atoms with Crippen molar-refractivity contribution in [3.8, 4) is 0 Å². The smallest absolute Gasteiger partial charge is 0.177 e. The van der Waals surface area contributed by atoms with E-state index >= 15 is 0 Å². The van der Waals surface area contributed by atoms with Gasteiger partial charge in [-0.05, 0) is 25.0 Å². The Morgan fingerprint density at radius 1 is 1.12 bits per heavy atom. The third-order valence-electron chi connectivity index (χ3n) is 4.68. The first-order chi connectivity index (χ1) is 11.9. The van der Waals surface area contributed by atoms with Gasteiger partial charge in [-0.2, -0.15) is 4.52 Å². The molecule has 3 aromatic heterocycles. The molecule has 122 valence electrons. The van der Waals surface area contributed by atoms with Crippen LogP contribution in [0.1, 0.15) is 24.5 Å². The van der Waals surface area contributed by atoms with Gasteiger partial charge in [0.25, 0.3) is 0 Å². The number of fused-ring (bicyclic) bond motifs is 1. The van der Waals surface area contributed by atoms with Gasteiger partial charge in [0.15, 0.2) is 5.65 Å². The SMILES string of the molecule is c1cnc(C2CC2)c(NCC2CN(c3ccc4nncn4n3)C2)n1. The molecule has 1 aliphatic heterocycles. The Bertz CT molecular complexity index is 865. The van der Waals surface area contributed by atoms with Crippen molar-refractivity contribution in [2.24, 2.45) is 5.92 Å². The number of aromatic nitrogens is 6. The molecule has 0 aromatic carbocycles. The van der Waals surface area contributed by atoms with Gasteiger partial charge in [-0.1, -0.05) is 0 Å². The summed E-state index contributed by atoms with van der Waals surface area (Å²) >= 11 is 0. The summed E-state index contributed by atoms with van der Waals surface area (Å²) in [7, 11) is 0. The molecule has 5 rings (SSSR count). The summed E-state index contributed by atoms with van der Waals surface area (Å²) in [5.41, 5.74) is 1.90. The third kappa shape index (κ3) is 2.44. The largest absolute Gasteiger partial charge is 0.368 e. The molecule has 8 nitrogen and oxygen atoms in total. The molecule has 1 saturated carbocycles. The molecule has 0 spiro atoms. The monoisotopic (exact) mass is 322 g/mol. The minimum Gasteiger partial charge on any atom is -0.368 e. The Morgan fingerprint density at radius 3 is 2.88 bits per heavy atom. The molecule has 1 aliphatic carbocycles. The molecular formula is C16H18N8. The van der Waals surface area contributed by atoms with Gasteiger partial charge < -0.3 is 10.2 Å². The quantitative estimate of drug-likeness (QED) is 0.759. The molecule has 0 unspecified atom stereocenters. The molecule has 0 radical (unpaired) electrons. The highest BCUT2D eigenvalue weighted by molar-refractivity contribution is 5.48. The van der Waals surface area contributed by atoms with E-state index in [1.54, 1.807) is 23.2 Å². The minimum atomic E-state index is 0.595. The van der Waals surface area contributed by atoms with E-state index in [9.17, 15) is 0 Å². The van der Waals surface area contributed by atoms with Crippen LogP contribution in [0.4, 0.5) is 11.6 Å². The zero-order valence-corrected chi connectivity index (χ0v) is 13.2. The highest BCUT2D eigenvalue weighted by atomic mass is 15.4. The zero-order valence-electron chi connectivity index (χ0n) is 13.2. The van der Waals surface area contributed by atoms with Gasteiger partial charge in [-0.3, -0.25) is 4.98 Å². The van der Waals surface area contributed by atoms with Gasteiger partial charge in [0, 0.05) is 43.9 Å². The Balaban J connectivity index is 1.20. The van der Waals surface area contributed by atoms with Crippen LogP contribution in [0.25, 0.3) is 5.65 Å². The fraction of sp³-hybridized carbons (Fsp3) is 0.438. The molecule has 8 heteroatoms. The second-order valence-corrected chi connectivity index (χ2v) is 6.54. The van der Waals surface area contributed by atoms with Crippen molar-refractivity contribution in [1.29, 1.82) is 0 Å². The first-order valence-electron chi connectivity index (χ1n) is 8.33. The van der Waals surface area contributed by atoms with Crippen molar-refractivity contribution < 1.29 is 0 Å². The Labute approximate surface area is 138 Å². The van der Waals surface area contributed by atoms with Crippen LogP contribution in [0.15, 0.2) is 30.9 Å². The van der Waals surface area contributed by atoms with Crippen molar-refractivity contribution in [3.63, 3.8) is 0 Å². The van der Waals surface area contributed by atoms with Crippen molar-refractivity contribution >= 4 is 17.3 Å². The first-order valence-corrected chi connectivity index (χ1v) is 8.33. The summed E-state index contributed by atoms with van der Waals surface area (Å²) < 4.78 is 1.71. The van der Waals surface area contributed by atoms with Crippen molar-refractivity contribution in [2.75, 3.05) is 29.9 Å². The summed E-state index contributed by atoms with van der Waals surface area (Å²) in [5.74, 6) is 3.13. The second kappa shape index (κ2) is 5.40. The van der Waals surface area contributed by atoms with Crippen LogP contribution in [-0.4, -0.2) is 49.4 Å². The maximum atomic E-state index is 4.53. The zero-order chi connectivity index (χ0) is 15.9. The molecule has 0 atom stereocenters. The van der Waals surface area contributed by atoms with Crippen molar-refractivity contribution in [3.05, 3.63) is 36.5 Å². The normalized spacial score (nSPS) is 17.9. The molecule has 1 saturated heterocycles. The summed E-state index contributed by atoms with van der Waals surface area (Å²) in [4.78, 5) is 11.2. The van der Waals surface area contributed by atoms with Gasteiger partial charge in [0.2, 0.25) is 0 Å². The van der Waals surface area contributed by atoms with Crippen molar-refractivity contribution in [2.45, 2.75) is 18.8 Å². The second-order valence-electron chi connectivity index (χ2n) is 6.54. The third-order valence-corrected chi connectivity index (χ3v) is 4.68. The molecule has 2 fully saturated rings. The lowest BCUT2D eigenvalue weighted by Crippen LogP contribution is -2.50. The first kappa shape index (κ1) is 13.6. The van der Waals surface area contributed by atoms with E-state index in [0.29, 0.717) is 11.8 Å². The fourth-order valence-electron chi connectivity index (χ4n) is 3.15. The number of hydrogen-bond acceptors (Lipinski definition) is 7. The maximum Gasteiger partial charge on any atom is 0.177 e. The Hall–Kier alpha value is -2.77. The number of nitrogens with one attached hydrogen (secondary N) is 1. The number of anilines is 2. The lowest BCUT2D eigenvalue weighted by Gasteiger charge is -2.40. The van der Waals surface area contributed by atoms with E-state index in [1.807, 2.05) is 12.1 Å². The van der Waals surface area contributed by atoms with Crippen LogP contribution in [0.5, 0.6) is 0 Å². The molecule has 1 N–H and O–H groups in total. The van der Waals surface area contributed by atoms with Crippen LogP contribution in [0.2, 0.25) is 0 Å². The van der Waals surface area contributed by atoms with E-state index in [-0.39, 0.29) is 0 Å². The van der Waals surface area contributed by atoms with Gasteiger partial charge in [0.05, 0.1) is 5.69 Å². The lowest BCUT2D eigenvalue weighted by atomic mass is 10.0. The molecule has 3 aromatic rings. The topological polar surface area (TPSA) is 84.1 Å². The predicted molar refractivity (Wildman–Crippen MR) is 89.0 cm³/mol. The van der Waals surface area contributed by atoms with Gasteiger partial charge in [-0.15, -0.1) is 15.3 Å². The van der Waals surface area contributed by atoms with E-state index in [4.69, 9.17) is 0 Å². The van der Waals surface area contributed by atoms with E-state index in [1.165, 1.54) is 12.8 Å². The summed E-state index contributed by atoms with van der Waals surface area (Å²) in [6, 6.07) is 3.95. The molecule has 2 aliphatic rings. The summed E-state index contributed by atoms with van der Waals surface area (Å²) in [6.07, 6.45) is 7.66. The number of nitrogens with zero attached hydrogens (tertiary/aromatic N) is 7. The van der Waals surface area contributed by atoms with Gasteiger partial charge in [-0.25, -0.2) is 4.98 Å². The van der Waals surface area contributed by atoms with Crippen molar-refractivity contribution in [1.82, 2.24) is 29.8 Å². The summed E-state index contributed by atoms with van der Waals surface area (Å²) in [6.45, 7) is 2.91. The van der Waals surface area contributed by atoms with Gasteiger partial charge in [0.1, 0.15) is 18.0 Å². The molecule has 24 heavy (non-hydrogen) atoms. The van der Waals surface area contributed by atoms with Gasteiger partial charge >= 0.3 is 0 Å². The fourth-order valence-corrected chi connectivity index (χ4v) is 3.15. The summed E-state index contributed by atoms with van der Waals surface area (Å²) in [5, 5.41) is 15.9. The van der Waals surface area contributed by atoms with E-state index < -0.39 is 0 Å². The number of hydrogen-bond donors (Lipinski definition) is 1. The standard InChI is InChI=1S/C16H18N8/c1-2-12(1)15-16(18-6-5-17-15)19-7-11-8-23(9-11)14-4-3-13-21-20-10-24(13)22-14/h3-6,10-12H,1-2,7-9H2,(H,18,19). The van der Waals surface area contributed by atoms with E-state index in [2.05, 4.69) is 35.5 Å². The highest BCUT2D eigenvalue weighted by Crippen LogP contribution is 2.41. The van der Waals surface area contributed by atoms with Crippen LogP contribution >= 0.6 is 0 Å². The molecule has 0 bridgehead atoms. The average Bonchev–Trinajstić information content (AvgIpc) is 3.31. The highest BCUT2D eigenvalue weighted by Gasteiger charge is 2.30. The lowest BCUT2D eigenvalue weighted by molar-refractivity contribution is 0.424. The van der Waals surface area contributed by atoms with Crippen LogP contribution in [0.3, 0.4) is 0 Å². The maximum absolute atomic E-state index is 4.53. The van der Waals surface area contributed by atoms with E-state index in [0.717, 1.165) is 42.6 Å². The molecule has 0 amide bonds.